The number of hydrogen-bond donors (Lipinski definition) is 1. The number of ether oxygens (including phenoxy) is 1. The van der Waals surface area contributed by atoms with E-state index in [1.807, 2.05) is 13.8 Å². The lowest BCUT2D eigenvalue weighted by Gasteiger charge is -2.10. The van der Waals surface area contributed by atoms with Gasteiger partial charge in [-0.1, -0.05) is 15.9 Å². The number of hydrogen-bond acceptors (Lipinski definition) is 5. The van der Waals surface area contributed by atoms with Crippen LogP contribution in [0.5, 0.6) is 11.6 Å². The zero-order valence-electron chi connectivity index (χ0n) is 11.8. The lowest BCUT2D eigenvalue weighted by Crippen LogP contribution is -2.00. The van der Waals surface area contributed by atoms with E-state index in [0.717, 1.165) is 15.6 Å². The second-order valence-electron chi connectivity index (χ2n) is 4.50. The van der Waals surface area contributed by atoms with E-state index < -0.39 is 4.92 Å². The van der Waals surface area contributed by atoms with Crippen molar-refractivity contribution in [1.29, 1.82) is 0 Å². The third-order valence-electron chi connectivity index (χ3n) is 2.92. The van der Waals surface area contributed by atoms with Gasteiger partial charge in [0.1, 0.15) is 11.6 Å². The van der Waals surface area contributed by atoms with Crippen molar-refractivity contribution >= 4 is 27.4 Å². The summed E-state index contributed by atoms with van der Waals surface area (Å²) in [4.78, 5) is 14.6. The van der Waals surface area contributed by atoms with E-state index in [4.69, 9.17) is 4.74 Å². The molecule has 0 atom stereocenters. The molecule has 1 heterocycles. The van der Waals surface area contributed by atoms with E-state index in [2.05, 4.69) is 26.2 Å². The van der Waals surface area contributed by atoms with Gasteiger partial charge < -0.3 is 10.1 Å². The lowest BCUT2D eigenvalue weighted by molar-refractivity contribution is -0.386. The monoisotopic (exact) mass is 351 g/mol. The largest absolute Gasteiger partial charge is 0.434 e. The van der Waals surface area contributed by atoms with Crippen LogP contribution in [0.3, 0.4) is 0 Å². The molecule has 7 heteroatoms. The van der Waals surface area contributed by atoms with Gasteiger partial charge in [0.15, 0.2) is 0 Å². The summed E-state index contributed by atoms with van der Waals surface area (Å²) in [6, 6.07) is 6.50. The van der Waals surface area contributed by atoms with Crippen LogP contribution in [-0.4, -0.2) is 17.0 Å². The highest BCUT2D eigenvalue weighted by Gasteiger charge is 2.18. The van der Waals surface area contributed by atoms with Crippen LogP contribution in [0.15, 0.2) is 28.7 Å². The van der Waals surface area contributed by atoms with Gasteiger partial charge in [-0.25, -0.2) is 0 Å². The van der Waals surface area contributed by atoms with Gasteiger partial charge in [0, 0.05) is 17.6 Å². The summed E-state index contributed by atoms with van der Waals surface area (Å²) in [7, 11) is 1.69. The summed E-state index contributed by atoms with van der Waals surface area (Å²) in [6.07, 6.45) is 0. The van der Waals surface area contributed by atoms with Gasteiger partial charge >= 0.3 is 11.6 Å². The van der Waals surface area contributed by atoms with E-state index in [1.165, 1.54) is 12.1 Å². The van der Waals surface area contributed by atoms with Gasteiger partial charge in [0.05, 0.1) is 4.92 Å². The molecular formula is C14H14BrN3O3. The van der Waals surface area contributed by atoms with Crippen molar-refractivity contribution < 1.29 is 9.66 Å². The first-order chi connectivity index (χ1) is 9.92. The van der Waals surface area contributed by atoms with Crippen LogP contribution >= 0.6 is 15.9 Å². The fourth-order valence-corrected chi connectivity index (χ4v) is 2.09. The summed E-state index contributed by atoms with van der Waals surface area (Å²) in [5, 5.41) is 13.9. The predicted molar refractivity (Wildman–Crippen MR) is 84.1 cm³/mol. The highest BCUT2D eigenvalue weighted by molar-refractivity contribution is 9.10. The highest BCUT2D eigenvalue weighted by atomic mass is 79.9. The van der Waals surface area contributed by atoms with Crippen LogP contribution in [-0.2, 0) is 0 Å². The fourth-order valence-electron chi connectivity index (χ4n) is 1.86. The van der Waals surface area contributed by atoms with Gasteiger partial charge in [0.2, 0.25) is 0 Å². The molecule has 0 bridgehead atoms. The summed E-state index contributed by atoms with van der Waals surface area (Å²) in [5.41, 5.74) is 1.79. The first kappa shape index (κ1) is 15.2. The Morgan fingerprint density at radius 3 is 2.43 bits per heavy atom. The van der Waals surface area contributed by atoms with E-state index in [0.29, 0.717) is 11.6 Å². The molecule has 0 aliphatic rings. The quantitative estimate of drug-likeness (QED) is 0.659. The van der Waals surface area contributed by atoms with Crippen molar-refractivity contribution in [2.75, 3.05) is 12.4 Å². The van der Waals surface area contributed by atoms with E-state index in [9.17, 15) is 10.1 Å². The maximum absolute atomic E-state index is 11.1. The molecule has 1 aromatic carbocycles. The molecule has 2 rings (SSSR count). The van der Waals surface area contributed by atoms with Crippen molar-refractivity contribution in [3.63, 3.8) is 0 Å². The maximum atomic E-state index is 11.1. The SMILES string of the molecule is CNc1ccc([N+](=O)[O-])c(Oc2cc(C)c(Br)c(C)c2)n1. The summed E-state index contributed by atoms with van der Waals surface area (Å²) in [5.74, 6) is 0.978. The Kier molecular flexibility index (Phi) is 4.42. The van der Waals surface area contributed by atoms with Crippen molar-refractivity contribution in [2.24, 2.45) is 0 Å². The number of nitrogens with one attached hydrogen (secondary N) is 1. The number of nitro groups is 1. The molecule has 21 heavy (non-hydrogen) atoms. The number of nitrogens with zero attached hydrogens (tertiary/aromatic N) is 2. The molecule has 0 spiro atoms. The van der Waals surface area contributed by atoms with Gasteiger partial charge in [0.25, 0.3) is 0 Å². The minimum Gasteiger partial charge on any atom is -0.434 e. The van der Waals surface area contributed by atoms with Crippen LogP contribution in [0.1, 0.15) is 11.1 Å². The first-order valence-electron chi connectivity index (χ1n) is 6.20. The molecule has 0 aliphatic carbocycles. The number of halogens is 1. The zero-order chi connectivity index (χ0) is 15.6. The van der Waals surface area contributed by atoms with Crippen molar-refractivity contribution in [3.8, 4) is 11.6 Å². The Morgan fingerprint density at radius 2 is 1.90 bits per heavy atom. The average Bonchev–Trinajstić information content (AvgIpc) is 2.44. The normalized spacial score (nSPS) is 10.3. The topological polar surface area (TPSA) is 77.3 Å². The standard InChI is InChI=1S/C14H14BrN3O3/c1-8-6-10(7-9(2)13(8)15)21-14-11(18(19)20)4-5-12(16-3)17-14/h4-7H,1-3H3,(H,16,17). The molecule has 0 radical (unpaired) electrons. The molecule has 1 aromatic heterocycles. The fraction of sp³-hybridized carbons (Fsp3) is 0.214. The number of benzene rings is 1. The Balaban J connectivity index is 2.45. The number of rotatable bonds is 4. The maximum Gasteiger partial charge on any atom is 0.331 e. The van der Waals surface area contributed by atoms with Crippen LogP contribution in [0, 0.1) is 24.0 Å². The van der Waals surface area contributed by atoms with E-state index in [-0.39, 0.29) is 11.6 Å². The minimum absolute atomic E-state index is 0.0343. The predicted octanol–water partition coefficient (Wildman–Crippen LogP) is 4.20. The van der Waals surface area contributed by atoms with Crippen LogP contribution in [0.4, 0.5) is 11.5 Å². The van der Waals surface area contributed by atoms with Crippen molar-refractivity contribution in [1.82, 2.24) is 4.98 Å². The summed E-state index contributed by atoms with van der Waals surface area (Å²) >= 11 is 3.47. The Labute approximate surface area is 130 Å². The first-order valence-corrected chi connectivity index (χ1v) is 6.99. The van der Waals surface area contributed by atoms with E-state index in [1.54, 1.807) is 19.2 Å². The highest BCUT2D eigenvalue weighted by Crippen LogP contribution is 2.33. The van der Waals surface area contributed by atoms with Gasteiger partial charge in [-0.3, -0.25) is 10.1 Å². The van der Waals surface area contributed by atoms with Gasteiger partial charge in [-0.15, -0.1) is 0 Å². The zero-order valence-corrected chi connectivity index (χ0v) is 13.4. The van der Waals surface area contributed by atoms with Crippen LogP contribution in [0.25, 0.3) is 0 Å². The van der Waals surface area contributed by atoms with E-state index >= 15 is 0 Å². The third kappa shape index (κ3) is 3.30. The number of pyridine rings is 1. The molecule has 1 N–H and O–H groups in total. The number of anilines is 1. The van der Waals surface area contributed by atoms with Gasteiger partial charge in [-0.2, -0.15) is 4.98 Å². The Morgan fingerprint density at radius 1 is 1.29 bits per heavy atom. The second kappa shape index (κ2) is 6.09. The molecule has 0 saturated carbocycles. The van der Waals surface area contributed by atoms with Crippen LogP contribution in [0.2, 0.25) is 0 Å². The smallest absolute Gasteiger partial charge is 0.331 e. The average molecular weight is 352 g/mol. The molecule has 0 unspecified atom stereocenters. The van der Waals surface area contributed by atoms with Gasteiger partial charge in [-0.05, 0) is 43.2 Å². The summed E-state index contributed by atoms with van der Waals surface area (Å²) < 4.78 is 6.60. The van der Waals surface area contributed by atoms with Crippen LogP contribution < -0.4 is 10.1 Å². The molecule has 0 aliphatic heterocycles. The Hall–Kier alpha value is -2.15. The number of aromatic nitrogens is 1. The molecule has 0 fully saturated rings. The molecule has 110 valence electrons. The molecular weight excluding hydrogens is 338 g/mol. The third-order valence-corrected chi connectivity index (χ3v) is 4.17. The minimum atomic E-state index is -0.514. The van der Waals surface area contributed by atoms with Crippen molar-refractivity contribution in [3.05, 3.63) is 50.0 Å². The molecule has 0 saturated heterocycles. The molecule has 6 nitrogen and oxygen atoms in total. The molecule has 0 amide bonds. The molecule has 2 aromatic rings. The van der Waals surface area contributed by atoms with Crippen molar-refractivity contribution in [2.45, 2.75) is 13.8 Å². The second-order valence-corrected chi connectivity index (χ2v) is 5.29. The lowest BCUT2D eigenvalue weighted by atomic mass is 10.1. The Bertz CT molecular complexity index is 681. The number of aryl methyl sites for hydroxylation is 2. The summed E-state index contributed by atoms with van der Waals surface area (Å²) in [6.45, 7) is 3.85.